The summed E-state index contributed by atoms with van der Waals surface area (Å²) in [6.07, 6.45) is 2.38. The zero-order valence-corrected chi connectivity index (χ0v) is 23.7. The van der Waals surface area contributed by atoms with Gasteiger partial charge in [-0.3, -0.25) is 29.0 Å². The number of carbonyl (C=O) groups is 4. The standard InChI is InChI=1S/C34H34N2O6/c1-41-27-12-9-24(10-13-27)25-15-17-35(18-16-25)20-22-5-7-23(8-6-22)21-42-31-4-2-3-28-32(31)34(40)36(33(28)39)29-14-11-26(37)19-30(29)38/h2-10,12-13,25,29H,11,14-21H2,1H3. The molecule has 2 aliphatic heterocycles. The van der Waals surface area contributed by atoms with E-state index in [1.807, 2.05) is 24.3 Å². The smallest absolute Gasteiger partial charge is 0.266 e. The molecule has 0 bridgehead atoms. The van der Waals surface area contributed by atoms with Crippen LogP contribution in [0, 0.1) is 0 Å². The number of ether oxygens (including phenoxy) is 2. The average Bonchev–Trinajstić information content (AvgIpc) is 3.27. The summed E-state index contributed by atoms with van der Waals surface area (Å²) >= 11 is 0. The maximum absolute atomic E-state index is 13.3. The van der Waals surface area contributed by atoms with Crippen LogP contribution in [0.4, 0.5) is 0 Å². The van der Waals surface area contributed by atoms with Gasteiger partial charge in [0.1, 0.15) is 23.9 Å². The predicted molar refractivity (Wildman–Crippen MR) is 156 cm³/mol. The largest absolute Gasteiger partial charge is 0.497 e. The Morgan fingerprint density at radius 1 is 0.810 bits per heavy atom. The Balaban J connectivity index is 1.04. The maximum atomic E-state index is 13.3. The molecule has 2 amide bonds. The van der Waals surface area contributed by atoms with E-state index in [1.54, 1.807) is 25.3 Å². The van der Waals surface area contributed by atoms with Gasteiger partial charge in [0.05, 0.1) is 30.7 Å². The van der Waals surface area contributed by atoms with Gasteiger partial charge in [-0.15, -0.1) is 0 Å². The number of imide groups is 1. The van der Waals surface area contributed by atoms with Gasteiger partial charge >= 0.3 is 0 Å². The van der Waals surface area contributed by atoms with E-state index in [0.29, 0.717) is 11.7 Å². The van der Waals surface area contributed by atoms with E-state index in [9.17, 15) is 19.2 Å². The summed E-state index contributed by atoms with van der Waals surface area (Å²) in [5.41, 5.74) is 3.97. The van der Waals surface area contributed by atoms with Gasteiger partial charge in [-0.25, -0.2) is 0 Å². The monoisotopic (exact) mass is 566 g/mol. The lowest BCUT2D eigenvalue weighted by atomic mass is 9.89. The van der Waals surface area contributed by atoms with Crippen molar-refractivity contribution in [2.24, 2.45) is 0 Å². The average molecular weight is 567 g/mol. The van der Waals surface area contributed by atoms with Crippen molar-refractivity contribution in [1.29, 1.82) is 0 Å². The molecule has 1 saturated heterocycles. The van der Waals surface area contributed by atoms with Crippen molar-refractivity contribution < 1.29 is 28.7 Å². The highest BCUT2D eigenvalue weighted by Gasteiger charge is 2.45. The molecular weight excluding hydrogens is 532 g/mol. The number of piperidine rings is 1. The molecule has 2 heterocycles. The van der Waals surface area contributed by atoms with Crippen molar-refractivity contribution in [2.75, 3.05) is 20.2 Å². The van der Waals surface area contributed by atoms with Gasteiger partial charge in [0.25, 0.3) is 11.8 Å². The third-order valence-corrected chi connectivity index (χ3v) is 8.66. The molecular formula is C34H34N2O6. The number of ketones is 2. The van der Waals surface area contributed by atoms with Crippen LogP contribution < -0.4 is 9.47 Å². The van der Waals surface area contributed by atoms with Crippen molar-refractivity contribution in [3.63, 3.8) is 0 Å². The van der Waals surface area contributed by atoms with E-state index in [4.69, 9.17) is 9.47 Å². The summed E-state index contributed by atoms with van der Waals surface area (Å²) in [6, 6.07) is 20.7. The summed E-state index contributed by atoms with van der Waals surface area (Å²) in [4.78, 5) is 54.0. The number of Topliss-reactive ketones (excluding diaryl/α,β-unsaturated/α-hetero) is 2. The number of methoxy groups -OCH3 is 1. The number of hydrogen-bond acceptors (Lipinski definition) is 7. The normalized spacial score (nSPS) is 19.7. The molecule has 3 aliphatic rings. The third kappa shape index (κ3) is 5.59. The number of carbonyl (C=O) groups excluding carboxylic acids is 4. The van der Waals surface area contributed by atoms with Gasteiger partial charge in [0, 0.05) is 13.0 Å². The number of nitrogens with zero attached hydrogens (tertiary/aromatic N) is 2. The third-order valence-electron chi connectivity index (χ3n) is 8.66. The van der Waals surface area contributed by atoms with E-state index in [0.717, 1.165) is 48.7 Å². The lowest BCUT2D eigenvalue weighted by molar-refractivity contribution is -0.132. The fourth-order valence-electron chi connectivity index (χ4n) is 6.27. The minimum Gasteiger partial charge on any atom is -0.497 e. The van der Waals surface area contributed by atoms with Crippen LogP contribution in [0.1, 0.15) is 75.4 Å². The van der Waals surface area contributed by atoms with Crippen LogP contribution in [-0.4, -0.2) is 59.4 Å². The second kappa shape index (κ2) is 11.9. The van der Waals surface area contributed by atoms with Crippen LogP contribution in [0.3, 0.4) is 0 Å². The van der Waals surface area contributed by atoms with Crippen molar-refractivity contribution in [2.45, 2.75) is 57.2 Å². The van der Waals surface area contributed by atoms with Crippen molar-refractivity contribution in [3.8, 4) is 11.5 Å². The van der Waals surface area contributed by atoms with Gasteiger partial charge in [0.2, 0.25) is 0 Å². The first kappa shape index (κ1) is 27.8. The summed E-state index contributed by atoms with van der Waals surface area (Å²) in [6.45, 7) is 3.23. The SMILES string of the molecule is COc1ccc(C2CCN(Cc3ccc(COc4cccc5c4C(=O)N(C4CCC(=O)CC4=O)C5=O)cc3)CC2)cc1. The Kier molecular flexibility index (Phi) is 7.89. The summed E-state index contributed by atoms with van der Waals surface area (Å²) in [5, 5.41) is 0. The Morgan fingerprint density at radius 2 is 1.52 bits per heavy atom. The fourth-order valence-corrected chi connectivity index (χ4v) is 6.27. The molecule has 0 N–H and O–H groups in total. The van der Waals surface area contributed by atoms with Crippen LogP contribution >= 0.6 is 0 Å². The number of fused-ring (bicyclic) bond motifs is 1. The minimum absolute atomic E-state index is 0.155. The van der Waals surface area contributed by atoms with Crippen molar-refractivity contribution in [3.05, 3.63) is 94.5 Å². The van der Waals surface area contributed by atoms with Crippen molar-refractivity contribution in [1.82, 2.24) is 9.80 Å². The van der Waals surface area contributed by atoms with Gasteiger partial charge in [-0.05, 0) is 79.2 Å². The number of amides is 2. The molecule has 1 atom stereocenters. The quantitative estimate of drug-likeness (QED) is 0.282. The van der Waals surface area contributed by atoms with Crippen molar-refractivity contribution >= 4 is 23.4 Å². The van der Waals surface area contributed by atoms with E-state index >= 15 is 0 Å². The maximum Gasteiger partial charge on any atom is 0.266 e. The molecule has 1 unspecified atom stereocenters. The van der Waals surface area contributed by atoms with Crippen LogP contribution in [0.2, 0.25) is 0 Å². The highest BCUT2D eigenvalue weighted by Crippen LogP contribution is 2.35. The number of benzene rings is 3. The molecule has 1 aliphatic carbocycles. The molecule has 0 spiro atoms. The molecule has 6 rings (SSSR count). The van der Waals surface area contributed by atoms with Crippen LogP contribution in [-0.2, 0) is 22.7 Å². The zero-order valence-electron chi connectivity index (χ0n) is 23.7. The Hall–Kier alpha value is -4.30. The van der Waals surface area contributed by atoms with E-state index < -0.39 is 17.9 Å². The van der Waals surface area contributed by atoms with E-state index in [1.165, 1.54) is 11.1 Å². The lowest BCUT2D eigenvalue weighted by Gasteiger charge is -2.32. The summed E-state index contributed by atoms with van der Waals surface area (Å²) in [5.74, 6) is 0.196. The van der Waals surface area contributed by atoms with Gasteiger partial charge < -0.3 is 9.47 Å². The lowest BCUT2D eigenvalue weighted by Crippen LogP contribution is -2.47. The van der Waals surface area contributed by atoms with Gasteiger partial charge in [-0.2, -0.15) is 0 Å². The predicted octanol–water partition coefficient (Wildman–Crippen LogP) is 4.94. The van der Waals surface area contributed by atoms with Crippen LogP contribution in [0.25, 0.3) is 0 Å². The zero-order chi connectivity index (χ0) is 29.2. The highest BCUT2D eigenvalue weighted by atomic mass is 16.5. The fraction of sp³-hybridized carbons (Fsp3) is 0.353. The second-order valence-electron chi connectivity index (χ2n) is 11.3. The van der Waals surface area contributed by atoms with Crippen LogP contribution in [0.5, 0.6) is 11.5 Å². The molecule has 8 nitrogen and oxygen atoms in total. The summed E-state index contributed by atoms with van der Waals surface area (Å²) < 4.78 is 11.3. The summed E-state index contributed by atoms with van der Waals surface area (Å²) in [7, 11) is 1.69. The molecule has 0 radical (unpaired) electrons. The van der Waals surface area contributed by atoms with E-state index in [-0.39, 0.29) is 48.6 Å². The van der Waals surface area contributed by atoms with Crippen LogP contribution in [0.15, 0.2) is 66.7 Å². The van der Waals surface area contributed by atoms with Gasteiger partial charge in [0.15, 0.2) is 5.78 Å². The van der Waals surface area contributed by atoms with Gasteiger partial charge in [-0.1, -0.05) is 42.5 Å². The Bertz CT molecular complexity index is 1510. The molecule has 3 aromatic rings. The molecule has 8 heteroatoms. The first-order valence-electron chi connectivity index (χ1n) is 14.5. The highest BCUT2D eigenvalue weighted by molar-refractivity contribution is 6.24. The Labute approximate surface area is 245 Å². The molecule has 216 valence electrons. The molecule has 2 fully saturated rings. The molecule has 3 aromatic carbocycles. The molecule has 0 aromatic heterocycles. The Morgan fingerprint density at radius 3 is 2.21 bits per heavy atom. The first-order chi connectivity index (χ1) is 20.4. The number of rotatable bonds is 8. The van der Waals surface area contributed by atoms with E-state index in [2.05, 4.69) is 29.2 Å². The molecule has 1 saturated carbocycles. The topological polar surface area (TPSA) is 93.2 Å². The molecule has 42 heavy (non-hydrogen) atoms. The minimum atomic E-state index is -0.899. The first-order valence-corrected chi connectivity index (χ1v) is 14.5. The number of hydrogen-bond donors (Lipinski definition) is 0. The number of likely N-dealkylation sites (tertiary alicyclic amines) is 1. The second-order valence-corrected chi connectivity index (χ2v) is 11.3.